The topological polar surface area (TPSA) is 88.3 Å². The van der Waals surface area contributed by atoms with Crippen LogP contribution >= 0.6 is 0 Å². The molecule has 27 heavy (non-hydrogen) atoms. The highest BCUT2D eigenvalue weighted by atomic mass is 16.5. The SMILES string of the molecule is CCCCCC(=O)c1cc2c(CCNC(C)=O)c(C(C)=O)[nH]c2cc1OC. The van der Waals surface area contributed by atoms with Crippen molar-refractivity contribution in [3.8, 4) is 5.75 Å². The number of hydrogen-bond donors (Lipinski definition) is 2. The van der Waals surface area contributed by atoms with Gasteiger partial charge < -0.3 is 15.0 Å². The van der Waals surface area contributed by atoms with Crippen LogP contribution in [0.5, 0.6) is 5.75 Å². The van der Waals surface area contributed by atoms with E-state index in [9.17, 15) is 14.4 Å². The van der Waals surface area contributed by atoms with Crippen LogP contribution in [0.1, 0.15) is 72.9 Å². The van der Waals surface area contributed by atoms with Gasteiger partial charge in [-0.2, -0.15) is 0 Å². The molecule has 1 amide bonds. The van der Waals surface area contributed by atoms with Gasteiger partial charge in [0, 0.05) is 43.8 Å². The van der Waals surface area contributed by atoms with Crippen molar-refractivity contribution in [2.24, 2.45) is 0 Å². The molecule has 0 bridgehead atoms. The number of aromatic nitrogens is 1. The minimum Gasteiger partial charge on any atom is -0.496 e. The molecule has 1 heterocycles. The molecule has 6 nitrogen and oxygen atoms in total. The van der Waals surface area contributed by atoms with Gasteiger partial charge in [-0.1, -0.05) is 19.8 Å². The Morgan fingerprint density at radius 1 is 1.15 bits per heavy atom. The maximum Gasteiger partial charge on any atom is 0.216 e. The zero-order valence-electron chi connectivity index (χ0n) is 16.5. The summed E-state index contributed by atoms with van der Waals surface area (Å²) in [5.74, 6) is 0.348. The number of ether oxygens (including phenoxy) is 1. The van der Waals surface area contributed by atoms with Gasteiger partial charge in [-0.3, -0.25) is 14.4 Å². The number of amides is 1. The van der Waals surface area contributed by atoms with Crippen molar-refractivity contribution in [2.75, 3.05) is 13.7 Å². The second kappa shape index (κ2) is 9.35. The molecule has 2 N–H and O–H groups in total. The van der Waals surface area contributed by atoms with Crippen molar-refractivity contribution in [3.63, 3.8) is 0 Å². The van der Waals surface area contributed by atoms with Crippen LogP contribution in [0.4, 0.5) is 0 Å². The van der Waals surface area contributed by atoms with Crippen LogP contribution < -0.4 is 10.1 Å². The Hall–Kier alpha value is -2.63. The summed E-state index contributed by atoms with van der Waals surface area (Å²) >= 11 is 0. The number of carbonyl (C=O) groups is 3. The molecule has 146 valence electrons. The van der Waals surface area contributed by atoms with Gasteiger partial charge >= 0.3 is 0 Å². The Balaban J connectivity index is 2.47. The predicted octanol–water partition coefficient (Wildman–Crippen LogP) is 3.82. The predicted molar refractivity (Wildman–Crippen MR) is 106 cm³/mol. The van der Waals surface area contributed by atoms with Crippen molar-refractivity contribution < 1.29 is 19.1 Å². The number of aromatic amines is 1. The first-order valence-electron chi connectivity index (χ1n) is 9.40. The van der Waals surface area contributed by atoms with E-state index in [0.29, 0.717) is 36.4 Å². The zero-order chi connectivity index (χ0) is 20.0. The summed E-state index contributed by atoms with van der Waals surface area (Å²) in [7, 11) is 1.54. The van der Waals surface area contributed by atoms with Gasteiger partial charge in [0.2, 0.25) is 5.91 Å². The summed E-state index contributed by atoms with van der Waals surface area (Å²) in [5, 5.41) is 3.58. The van der Waals surface area contributed by atoms with Crippen molar-refractivity contribution in [1.29, 1.82) is 0 Å². The number of hydrogen-bond acceptors (Lipinski definition) is 4. The van der Waals surface area contributed by atoms with Gasteiger partial charge in [-0.25, -0.2) is 0 Å². The number of fused-ring (bicyclic) bond motifs is 1. The first-order valence-corrected chi connectivity index (χ1v) is 9.40. The van der Waals surface area contributed by atoms with Gasteiger partial charge in [-0.05, 0) is 24.5 Å². The molecule has 1 aromatic carbocycles. The number of carbonyl (C=O) groups excluding carboxylic acids is 3. The standard InChI is InChI=1S/C21H28N2O4/c1-5-6-7-8-19(26)17-11-16-15(9-10-22-14(3)25)21(13(2)24)23-18(16)12-20(17)27-4/h11-12,23H,5-10H2,1-4H3,(H,22,25). The molecule has 0 atom stereocenters. The Morgan fingerprint density at radius 3 is 2.48 bits per heavy atom. The summed E-state index contributed by atoms with van der Waals surface area (Å²) in [4.78, 5) is 39.0. The molecule has 0 aliphatic rings. The van der Waals surface area contributed by atoms with Crippen LogP contribution in [-0.2, 0) is 11.2 Å². The minimum absolute atomic E-state index is 0.0422. The number of nitrogens with one attached hydrogen (secondary N) is 2. The van der Waals surface area contributed by atoms with Crippen LogP contribution in [0.3, 0.4) is 0 Å². The summed E-state index contributed by atoms with van der Waals surface area (Å²) in [5.41, 5.74) is 2.61. The molecular weight excluding hydrogens is 344 g/mol. The number of benzene rings is 1. The fourth-order valence-corrected chi connectivity index (χ4v) is 3.26. The summed E-state index contributed by atoms with van der Waals surface area (Å²) < 4.78 is 5.42. The van der Waals surface area contributed by atoms with Crippen LogP contribution in [0.25, 0.3) is 10.9 Å². The smallest absolute Gasteiger partial charge is 0.216 e. The minimum atomic E-state index is -0.118. The van der Waals surface area contributed by atoms with Crippen LogP contribution in [-0.4, -0.2) is 36.1 Å². The Bertz CT molecular complexity index is 851. The molecule has 0 fully saturated rings. The van der Waals surface area contributed by atoms with Crippen molar-refractivity contribution >= 4 is 28.4 Å². The van der Waals surface area contributed by atoms with E-state index in [0.717, 1.165) is 35.7 Å². The number of ketones is 2. The van der Waals surface area contributed by atoms with Crippen molar-refractivity contribution in [1.82, 2.24) is 10.3 Å². The normalized spacial score (nSPS) is 10.8. The van der Waals surface area contributed by atoms with Crippen LogP contribution in [0.2, 0.25) is 0 Å². The summed E-state index contributed by atoms with van der Waals surface area (Å²) in [6, 6.07) is 3.59. The third-order valence-electron chi connectivity index (χ3n) is 4.64. The van der Waals surface area contributed by atoms with E-state index < -0.39 is 0 Å². The van der Waals surface area contributed by atoms with Gasteiger partial charge in [-0.15, -0.1) is 0 Å². The molecule has 0 radical (unpaired) electrons. The van der Waals surface area contributed by atoms with Crippen molar-refractivity contribution in [2.45, 2.75) is 52.9 Å². The molecule has 0 saturated heterocycles. The third kappa shape index (κ3) is 4.96. The van der Waals surface area contributed by atoms with Crippen LogP contribution in [0.15, 0.2) is 12.1 Å². The highest BCUT2D eigenvalue weighted by Crippen LogP contribution is 2.31. The number of rotatable bonds is 10. The maximum atomic E-state index is 12.7. The molecule has 0 unspecified atom stereocenters. The Kier molecular flexibility index (Phi) is 7.16. The lowest BCUT2D eigenvalue weighted by molar-refractivity contribution is -0.118. The lowest BCUT2D eigenvalue weighted by Gasteiger charge is -2.09. The van der Waals surface area contributed by atoms with Crippen LogP contribution in [0, 0.1) is 0 Å². The number of methoxy groups -OCH3 is 1. The molecule has 0 spiro atoms. The fourth-order valence-electron chi connectivity index (χ4n) is 3.26. The zero-order valence-corrected chi connectivity index (χ0v) is 16.5. The summed E-state index contributed by atoms with van der Waals surface area (Å²) in [6.07, 6.45) is 3.89. The van der Waals surface area contributed by atoms with Gasteiger partial charge in [0.1, 0.15) is 5.75 Å². The number of H-pyrrole nitrogens is 1. The van der Waals surface area contributed by atoms with E-state index in [1.807, 2.05) is 6.07 Å². The molecule has 6 heteroatoms. The monoisotopic (exact) mass is 372 g/mol. The highest BCUT2D eigenvalue weighted by molar-refractivity contribution is 6.06. The number of unbranched alkanes of at least 4 members (excludes halogenated alkanes) is 2. The second-order valence-corrected chi connectivity index (χ2v) is 6.75. The van der Waals surface area contributed by atoms with Gasteiger partial charge in [0.25, 0.3) is 0 Å². The first kappa shape index (κ1) is 20.7. The molecule has 0 saturated carbocycles. The fraction of sp³-hybridized carbons (Fsp3) is 0.476. The van der Waals surface area contributed by atoms with E-state index in [2.05, 4.69) is 17.2 Å². The van der Waals surface area contributed by atoms with E-state index in [-0.39, 0.29) is 17.5 Å². The Labute approximate surface area is 159 Å². The third-order valence-corrected chi connectivity index (χ3v) is 4.64. The molecule has 2 aromatic rings. The molecule has 1 aromatic heterocycles. The van der Waals surface area contributed by atoms with E-state index in [4.69, 9.17) is 4.74 Å². The largest absolute Gasteiger partial charge is 0.496 e. The molecule has 0 aliphatic carbocycles. The first-order chi connectivity index (χ1) is 12.9. The number of Topliss-reactive ketones (excluding diaryl/α,β-unsaturated/α-hetero) is 2. The van der Waals surface area contributed by atoms with E-state index in [1.54, 1.807) is 6.07 Å². The maximum absolute atomic E-state index is 12.7. The van der Waals surface area contributed by atoms with Gasteiger partial charge in [0.05, 0.1) is 18.4 Å². The molecular formula is C21H28N2O4. The average molecular weight is 372 g/mol. The average Bonchev–Trinajstić information content (AvgIpc) is 2.98. The van der Waals surface area contributed by atoms with E-state index >= 15 is 0 Å². The lowest BCUT2D eigenvalue weighted by Crippen LogP contribution is -2.22. The molecule has 0 aliphatic heterocycles. The highest BCUT2D eigenvalue weighted by Gasteiger charge is 2.20. The quantitative estimate of drug-likeness (QED) is 0.490. The Morgan fingerprint density at radius 2 is 1.89 bits per heavy atom. The molecule has 2 rings (SSSR count). The summed E-state index contributed by atoms with van der Waals surface area (Å²) in [6.45, 7) is 5.48. The second-order valence-electron chi connectivity index (χ2n) is 6.75. The lowest BCUT2D eigenvalue weighted by atomic mass is 9.99. The van der Waals surface area contributed by atoms with Gasteiger partial charge in [0.15, 0.2) is 11.6 Å². The van der Waals surface area contributed by atoms with Crippen molar-refractivity contribution in [3.05, 3.63) is 29.0 Å². The van der Waals surface area contributed by atoms with E-state index in [1.165, 1.54) is 21.0 Å².